The van der Waals surface area contributed by atoms with Crippen molar-refractivity contribution in [3.05, 3.63) is 25.3 Å². The minimum atomic E-state index is -3.94. The Kier molecular flexibility index (Phi) is 13.1. The van der Waals surface area contributed by atoms with Gasteiger partial charge in [-0.15, -0.1) is 0 Å². The molecule has 0 aliphatic carbocycles. The van der Waals surface area contributed by atoms with Crippen molar-refractivity contribution in [1.82, 2.24) is 0 Å². The van der Waals surface area contributed by atoms with Gasteiger partial charge in [0.15, 0.2) is 0 Å². The Bertz CT molecular complexity index is 540. The summed E-state index contributed by atoms with van der Waals surface area (Å²) in [6, 6.07) is 0. The monoisotopic (exact) mass is 430 g/mol. The van der Waals surface area contributed by atoms with Crippen LogP contribution in [0.2, 0.25) is 0 Å². The third-order valence-corrected chi connectivity index (χ3v) is 5.28. The first kappa shape index (κ1) is 25.7. The van der Waals surface area contributed by atoms with E-state index in [0.717, 1.165) is 12.2 Å². The summed E-state index contributed by atoms with van der Waals surface area (Å²) in [7, 11) is -7.88. The molecule has 0 aromatic rings. The van der Waals surface area contributed by atoms with Crippen LogP contribution in [0.15, 0.2) is 25.3 Å². The summed E-state index contributed by atoms with van der Waals surface area (Å²) < 4.78 is 46.9. The lowest BCUT2D eigenvalue weighted by molar-refractivity contribution is -0.139. The maximum Gasteiger partial charge on any atom is 0.330 e. The summed E-state index contributed by atoms with van der Waals surface area (Å²) in [6.45, 7) is 5.02. The molecule has 2 atom stereocenters. The van der Waals surface area contributed by atoms with Gasteiger partial charge in [0.2, 0.25) is 0 Å². The lowest BCUT2D eigenvalue weighted by Gasteiger charge is -2.14. The molecule has 0 bridgehead atoms. The second-order valence-corrected chi connectivity index (χ2v) is 8.70. The Morgan fingerprint density at radius 2 is 1.11 bits per heavy atom. The first-order valence-corrected chi connectivity index (χ1v) is 11.2. The minimum Gasteiger partial charge on any atom is -0.460 e. The van der Waals surface area contributed by atoms with Crippen molar-refractivity contribution in [2.75, 3.05) is 52.0 Å². The Morgan fingerprint density at radius 1 is 0.741 bits per heavy atom. The van der Waals surface area contributed by atoms with Crippen molar-refractivity contribution < 1.29 is 51.8 Å². The molecule has 13 heteroatoms. The SMILES string of the molecule is C=CC(=O)OCCOP(=O)(O)CCOCCP(=O)(O)OCCOC(=O)C=C. The van der Waals surface area contributed by atoms with Gasteiger partial charge in [0, 0.05) is 12.2 Å². The highest BCUT2D eigenvalue weighted by molar-refractivity contribution is 7.53. The Labute approximate surface area is 157 Å². The summed E-state index contributed by atoms with van der Waals surface area (Å²) in [5.74, 6) is -1.35. The lowest BCUT2D eigenvalue weighted by Crippen LogP contribution is -2.12. The zero-order chi connectivity index (χ0) is 20.8. The fourth-order valence-electron chi connectivity index (χ4n) is 1.35. The second-order valence-electron chi connectivity index (χ2n) is 4.74. The molecule has 0 radical (unpaired) electrons. The van der Waals surface area contributed by atoms with Gasteiger partial charge in [-0.25, -0.2) is 9.59 Å². The molecule has 2 N–H and O–H groups in total. The van der Waals surface area contributed by atoms with Gasteiger partial charge in [-0.2, -0.15) is 0 Å². The molecule has 27 heavy (non-hydrogen) atoms. The molecule has 156 valence electrons. The summed E-state index contributed by atoms with van der Waals surface area (Å²) in [6.07, 6.45) is 1.19. The molecule has 0 spiro atoms. The minimum absolute atomic E-state index is 0.197. The van der Waals surface area contributed by atoms with E-state index >= 15 is 0 Å². The van der Waals surface area contributed by atoms with E-state index in [2.05, 4.69) is 22.6 Å². The molecule has 0 rings (SSSR count). The van der Waals surface area contributed by atoms with Gasteiger partial charge in [-0.1, -0.05) is 13.2 Å². The Hall–Kier alpha value is -1.32. The zero-order valence-corrected chi connectivity index (χ0v) is 16.5. The number of hydrogen-bond acceptors (Lipinski definition) is 9. The molecular weight excluding hydrogens is 406 g/mol. The molecule has 0 amide bonds. The average molecular weight is 430 g/mol. The van der Waals surface area contributed by atoms with Gasteiger partial charge in [0.25, 0.3) is 0 Å². The van der Waals surface area contributed by atoms with Crippen LogP contribution in [0, 0.1) is 0 Å². The number of hydrogen-bond donors (Lipinski definition) is 2. The molecule has 0 heterocycles. The van der Waals surface area contributed by atoms with Crippen molar-refractivity contribution >= 4 is 27.1 Å². The van der Waals surface area contributed by atoms with Gasteiger partial charge in [0.05, 0.1) is 38.8 Å². The standard InChI is InChI=1S/C14H24O11P2/c1-3-13(15)22-5-7-24-26(17,18)11-9-21-10-12-27(19,20)25-8-6-23-14(16)4-2/h3-4H,1-2,5-12H2,(H,17,18)(H,19,20). The molecule has 0 saturated heterocycles. The van der Waals surface area contributed by atoms with Crippen LogP contribution in [-0.2, 0) is 42.0 Å². The molecule has 0 aliphatic rings. The number of carbonyl (C=O) groups excluding carboxylic acids is 2. The van der Waals surface area contributed by atoms with Crippen molar-refractivity contribution in [2.24, 2.45) is 0 Å². The van der Waals surface area contributed by atoms with Crippen molar-refractivity contribution in [3.63, 3.8) is 0 Å². The third-order valence-electron chi connectivity index (χ3n) is 2.61. The molecule has 0 aromatic heterocycles. The molecule has 0 fully saturated rings. The summed E-state index contributed by atoms with van der Waals surface area (Å²) in [5, 5.41) is 0. The van der Waals surface area contributed by atoms with Crippen molar-refractivity contribution in [2.45, 2.75) is 0 Å². The number of esters is 2. The Balaban J connectivity index is 3.82. The van der Waals surface area contributed by atoms with E-state index in [1.807, 2.05) is 0 Å². The maximum absolute atomic E-state index is 11.7. The van der Waals surface area contributed by atoms with E-state index in [-0.39, 0.29) is 52.0 Å². The van der Waals surface area contributed by atoms with Gasteiger partial charge < -0.3 is 33.0 Å². The van der Waals surface area contributed by atoms with Crippen LogP contribution in [0.5, 0.6) is 0 Å². The molecule has 11 nitrogen and oxygen atoms in total. The fourth-order valence-corrected chi connectivity index (χ4v) is 3.05. The predicted octanol–water partition coefficient (Wildman–Crippen LogP) is 0.865. The highest BCUT2D eigenvalue weighted by Gasteiger charge is 2.21. The van der Waals surface area contributed by atoms with E-state index in [1.54, 1.807) is 0 Å². The van der Waals surface area contributed by atoms with E-state index < -0.39 is 27.1 Å². The lowest BCUT2D eigenvalue weighted by atomic mass is 10.6. The van der Waals surface area contributed by atoms with Gasteiger partial charge in [0.1, 0.15) is 13.2 Å². The highest BCUT2D eigenvalue weighted by Crippen LogP contribution is 2.42. The first-order valence-electron chi connectivity index (χ1n) is 7.71. The van der Waals surface area contributed by atoms with Crippen LogP contribution in [-0.4, -0.2) is 73.7 Å². The van der Waals surface area contributed by atoms with Crippen LogP contribution in [0.4, 0.5) is 0 Å². The van der Waals surface area contributed by atoms with E-state index in [0.29, 0.717) is 0 Å². The summed E-state index contributed by atoms with van der Waals surface area (Å²) in [5.41, 5.74) is 0. The number of rotatable bonds is 16. The van der Waals surface area contributed by atoms with E-state index in [1.165, 1.54) is 0 Å². The summed E-state index contributed by atoms with van der Waals surface area (Å²) >= 11 is 0. The van der Waals surface area contributed by atoms with E-state index in [4.69, 9.17) is 13.8 Å². The molecular formula is C14H24O11P2. The van der Waals surface area contributed by atoms with Crippen LogP contribution in [0.1, 0.15) is 0 Å². The zero-order valence-electron chi connectivity index (χ0n) is 14.7. The largest absolute Gasteiger partial charge is 0.460 e. The van der Waals surface area contributed by atoms with Crippen LogP contribution in [0.3, 0.4) is 0 Å². The molecule has 0 aliphatic heterocycles. The normalized spacial score (nSPS) is 15.2. The quantitative estimate of drug-likeness (QED) is 0.155. The van der Waals surface area contributed by atoms with Gasteiger partial charge in [-0.05, 0) is 0 Å². The van der Waals surface area contributed by atoms with Crippen LogP contribution >= 0.6 is 15.2 Å². The Morgan fingerprint density at radius 3 is 1.44 bits per heavy atom. The maximum atomic E-state index is 11.7. The predicted molar refractivity (Wildman–Crippen MR) is 94.4 cm³/mol. The van der Waals surface area contributed by atoms with E-state index in [9.17, 15) is 28.5 Å². The number of carbonyl (C=O) groups is 2. The van der Waals surface area contributed by atoms with Gasteiger partial charge in [-0.3, -0.25) is 9.13 Å². The van der Waals surface area contributed by atoms with Crippen LogP contribution < -0.4 is 0 Å². The first-order chi connectivity index (χ1) is 12.6. The second kappa shape index (κ2) is 13.8. The highest BCUT2D eigenvalue weighted by atomic mass is 31.2. The smallest absolute Gasteiger partial charge is 0.330 e. The molecule has 0 aromatic carbocycles. The topological polar surface area (TPSA) is 155 Å². The average Bonchev–Trinajstić information content (AvgIpc) is 2.61. The molecule has 2 unspecified atom stereocenters. The fraction of sp³-hybridized carbons (Fsp3) is 0.571. The van der Waals surface area contributed by atoms with Crippen LogP contribution in [0.25, 0.3) is 0 Å². The van der Waals surface area contributed by atoms with Gasteiger partial charge >= 0.3 is 27.1 Å². The summed E-state index contributed by atoms with van der Waals surface area (Å²) in [4.78, 5) is 40.6. The molecule has 0 saturated carbocycles. The van der Waals surface area contributed by atoms with Crippen molar-refractivity contribution in [1.29, 1.82) is 0 Å². The number of ether oxygens (including phenoxy) is 3. The van der Waals surface area contributed by atoms with Crippen molar-refractivity contribution in [3.8, 4) is 0 Å². The third kappa shape index (κ3) is 15.4.